The monoisotopic (exact) mass is 208 g/mol. The van der Waals surface area contributed by atoms with Crippen LogP contribution < -0.4 is 5.46 Å². The van der Waals surface area contributed by atoms with E-state index < -0.39 is 13.4 Å². The number of rotatable bonds is 2. The third-order valence-corrected chi connectivity index (χ3v) is 2.36. The average molecular weight is 208 g/mol. The van der Waals surface area contributed by atoms with Crippen molar-refractivity contribution in [3.8, 4) is 0 Å². The van der Waals surface area contributed by atoms with Crippen molar-refractivity contribution in [3.63, 3.8) is 0 Å². The standard InChI is InChI=1S/C10H13BO4/c12-11(13)9-5-2-1-4-8(9)10-14-6-3-7-15-10/h1-2,4-5,10,12-13H,3,6-7H2. The van der Waals surface area contributed by atoms with Crippen LogP contribution in [0.5, 0.6) is 0 Å². The number of ether oxygens (including phenoxy) is 2. The zero-order chi connectivity index (χ0) is 10.7. The maximum absolute atomic E-state index is 9.18. The van der Waals surface area contributed by atoms with Crippen LogP contribution in [0.1, 0.15) is 18.3 Å². The van der Waals surface area contributed by atoms with Crippen molar-refractivity contribution in [2.24, 2.45) is 0 Å². The highest BCUT2D eigenvalue weighted by Gasteiger charge is 2.24. The van der Waals surface area contributed by atoms with Gasteiger partial charge in [0.2, 0.25) is 0 Å². The first-order valence-electron chi connectivity index (χ1n) is 4.97. The largest absolute Gasteiger partial charge is 0.488 e. The lowest BCUT2D eigenvalue weighted by Gasteiger charge is -2.25. The highest BCUT2D eigenvalue weighted by molar-refractivity contribution is 6.59. The molecule has 1 fully saturated rings. The van der Waals surface area contributed by atoms with Gasteiger partial charge in [0.1, 0.15) is 0 Å². The smallest absolute Gasteiger partial charge is 0.423 e. The van der Waals surface area contributed by atoms with Crippen LogP contribution in [-0.4, -0.2) is 30.4 Å². The highest BCUT2D eigenvalue weighted by Crippen LogP contribution is 2.21. The van der Waals surface area contributed by atoms with Crippen molar-refractivity contribution in [3.05, 3.63) is 29.8 Å². The van der Waals surface area contributed by atoms with Crippen molar-refractivity contribution >= 4 is 12.6 Å². The molecule has 1 aromatic carbocycles. The second-order valence-electron chi connectivity index (χ2n) is 3.43. The van der Waals surface area contributed by atoms with E-state index in [0.29, 0.717) is 24.2 Å². The SMILES string of the molecule is OB(O)c1ccccc1C1OCCCO1. The first kappa shape index (κ1) is 10.6. The topological polar surface area (TPSA) is 58.9 Å². The summed E-state index contributed by atoms with van der Waals surface area (Å²) in [5.41, 5.74) is 1.12. The molecule has 0 amide bonds. The molecule has 0 saturated carbocycles. The third kappa shape index (κ3) is 2.38. The van der Waals surface area contributed by atoms with Crippen LogP contribution in [0.15, 0.2) is 24.3 Å². The predicted octanol–water partition coefficient (Wildman–Crippen LogP) is -0.198. The summed E-state index contributed by atoms with van der Waals surface area (Å²) in [7, 11) is -1.49. The fourth-order valence-corrected chi connectivity index (χ4v) is 1.63. The Morgan fingerprint density at radius 3 is 2.47 bits per heavy atom. The van der Waals surface area contributed by atoms with Crippen LogP contribution in [-0.2, 0) is 9.47 Å². The van der Waals surface area contributed by atoms with Crippen LogP contribution >= 0.6 is 0 Å². The van der Waals surface area contributed by atoms with E-state index in [1.807, 2.05) is 6.07 Å². The minimum atomic E-state index is -1.49. The minimum Gasteiger partial charge on any atom is -0.423 e. The predicted molar refractivity (Wildman–Crippen MR) is 55.5 cm³/mol. The van der Waals surface area contributed by atoms with Gasteiger partial charge in [0.25, 0.3) is 0 Å². The van der Waals surface area contributed by atoms with Crippen molar-refractivity contribution < 1.29 is 19.5 Å². The summed E-state index contributed by atoms with van der Waals surface area (Å²) in [6, 6.07) is 7.01. The first-order valence-corrected chi connectivity index (χ1v) is 4.97. The number of benzene rings is 1. The maximum atomic E-state index is 9.18. The van der Waals surface area contributed by atoms with Gasteiger partial charge in [-0.2, -0.15) is 0 Å². The highest BCUT2D eigenvalue weighted by atomic mass is 16.7. The Kier molecular flexibility index (Phi) is 3.38. The lowest BCUT2D eigenvalue weighted by atomic mass is 9.77. The summed E-state index contributed by atoms with van der Waals surface area (Å²) >= 11 is 0. The summed E-state index contributed by atoms with van der Waals surface area (Å²) in [6.45, 7) is 1.28. The van der Waals surface area contributed by atoms with Gasteiger partial charge in [0.05, 0.1) is 13.2 Å². The Morgan fingerprint density at radius 2 is 1.80 bits per heavy atom. The molecule has 5 heteroatoms. The van der Waals surface area contributed by atoms with Crippen molar-refractivity contribution in [1.29, 1.82) is 0 Å². The van der Waals surface area contributed by atoms with E-state index in [1.165, 1.54) is 0 Å². The van der Waals surface area contributed by atoms with Crippen molar-refractivity contribution in [1.82, 2.24) is 0 Å². The van der Waals surface area contributed by atoms with E-state index in [2.05, 4.69) is 0 Å². The zero-order valence-electron chi connectivity index (χ0n) is 8.30. The molecule has 1 aliphatic rings. The first-order chi connectivity index (χ1) is 7.29. The molecule has 0 radical (unpaired) electrons. The van der Waals surface area contributed by atoms with Gasteiger partial charge in [-0.25, -0.2) is 0 Å². The molecule has 1 saturated heterocycles. The fraction of sp³-hybridized carbons (Fsp3) is 0.400. The lowest BCUT2D eigenvalue weighted by molar-refractivity contribution is -0.182. The van der Waals surface area contributed by atoms with Crippen LogP contribution in [0.4, 0.5) is 0 Å². The average Bonchev–Trinajstić information content (AvgIpc) is 2.30. The summed E-state index contributed by atoms with van der Waals surface area (Å²) in [5.74, 6) is 0. The minimum absolute atomic E-state index is 0.435. The molecule has 2 N–H and O–H groups in total. The van der Waals surface area contributed by atoms with Crippen molar-refractivity contribution in [2.75, 3.05) is 13.2 Å². The van der Waals surface area contributed by atoms with Gasteiger partial charge in [-0.05, 0) is 11.9 Å². The van der Waals surface area contributed by atoms with Gasteiger partial charge in [-0.1, -0.05) is 24.3 Å². The normalized spacial score (nSPS) is 17.7. The number of hydrogen-bond acceptors (Lipinski definition) is 4. The second-order valence-corrected chi connectivity index (χ2v) is 3.43. The molecule has 0 spiro atoms. The van der Waals surface area contributed by atoms with E-state index in [4.69, 9.17) is 9.47 Å². The van der Waals surface area contributed by atoms with Gasteiger partial charge in [-0.3, -0.25) is 0 Å². The molecule has 1 aromatic rings. The van der Waals surface area contributed by atoms with Crippen LogP contribution in [0, 0.1) is 0 Å². The van der Waals surface area contributed by atoms with Crippen LogP contribution in [0.2, 0.25) is 0 Å². The van der Waals surface area contributed by atoms with E-state index in [9.17, 15) is 10.0 Å². The molecular formula is C10H13BO4. The Labute approximate surface area is 88.6 Å². The van der Waals surface area contributed by atoms with E-state index >= 15 is 0 Å². The lowest BCUT2D eigenvalue weighted by Crippen LogP contribution is -2.35. The Hall–Kier alpha value is -0.875. The Bertz CT molecular complexity index is 323. The van der Waals surface area contributed by atoms with Crippen molar-refractivity contribution in [2.45, 2.75) is 12.7 Å². The van der Waals surface area contributed by atoms with E-state index in [1.54, 1.807) is 18.2 Å². The summed E-state index contributed by atoms with van der Waals surface area (Å²) < 4.78 is 10.8. The fourth-order valence-electron chi connectivity index (χ4n) is 1.63. The van der Waals surface area contributed by atoms with Gasteiger partial charge in [0, 0.05) is 5.56 Å². The van der Waals surface area contributed by atoms with Crippen LogP contribution in [0.25, 0.3) is 0 Å². The molecule has 80 valence electrons. The Morgan fingerprint density at radius 1 is 1.13 bits per heavy atom. The molecule has 0 bridgehead atoms. The second kappa shape index (κ2) is 4.76. The van der Waals surface area contributed by atoms with Gasteiger partial charge < -0.3 is 19.5 Å². The number of hydrogen-bond donors (Lipinski definition) is 2. The molecule has 15 heavy (non-hydrogen) atoms. The Balaban J connectivity index is 2.25. The van der Waals surface area contributed by atoms with Gasteiger partial charge in [-0.15, -0.1) is 0 Å². The molecule has 4 nitrogen and oxygen atoms in total. The molecule has 0 aromatic heterocycles. The van der Waals surface area contributed by atoms with E-state index in [-0.39, 0.29) is 0 Å². The summed E-state index contributed by atoms with van der Waals surface area (Å²) in [5, 5.41) is 18.4. The quantitative estimate of drug-likeness (QED) is 0.661. The van der Waals surface area contributed by atoms with E-state index in [0.717, 1.165) is 6.42 Å². The third-order valence-electron chi connectivity index (χ3n) is 2.36. The zero-order valence-corrected chi connectivity index (χ0v) is 8.30. The maximum Gasteiger partial charge on any atom is 0.488 e. The molecule has 1 heterocycles. The van der Waals surface area contributed by atoms with Gasteiger partial charge in [0.15, 0.2) is 6.29 Å². The molecule has 1 aliphatic heterocycles. The summed E-state index contributed by atoms with van der Waals surface area (Å²) in [6.07, 6.45) is 0.400. The molecular weight excluding hydrogens is 195 g/mol. The molecule has 0 atom stereocenters. The van der Waals surface area contributed by atoms with Crippen LogP contribution in [0.3, 0.4) is 0 Å². The molecule has 0 unspecified atom stereocenters. The van der Waals surface area contributed by atoms with Gasteiger partial charge >= 0.3 is 7.12 Å². The summed E-state index contributed by atoms with van der Waals surface area (Å²) in [4.78, 5) is 0. The molecule has 0 aliphatic carbocycles. The molecule has 2 rings (SSSR count).